The van der Waals surface area contributed by atoms with Crippen LogP contribution >= 0.6 is 11.6 Å². The molecule has 2 aromatic carbocycles. The molecule has 34 heavy (non-hydrogen) atoms. The Morgan fingerprint density at radius 3 is 2.41 bits per heavy atom. The maximum Gasteiger partial charge on any atom is 0.227 e. The molecule has 0 spiro atoms. The van der Waals surface area contributed by atoms with Crippen LogP contribution in [0.3, 0.4) is 0 Å². The molecule has 1 aliphatic rings. The third kappa shape index (κ3) is 5.42. The summed E-state index contributed by atoms with van der Waals surface area (Å²) in [6, 6.07) is 12.5. The lowest BCUT2D eigenvalue weighted by Gasteiger charge is -2.39. The molecule has 0 bridgehead atoms. The fraction of sp³-hybridized carbons (Fsp3) is 0.385. The van der Waals surface area contributed by atoms with Crippen LogP contribution in [0.5, 0.6) is 0 Å². The summed E-state index contributed by atoms with van der Waals surface area (Å²) in [5, 5.41) is 3.52. The smallest absolute Gasteiger partial charge is 0.227 e. The van der Waals surface area contributed by atoms with E-state index in [1.807, 2.05) is 43.0 Å². The van der Waals surface area contributed by atoms with Gasteiger partial charge in [0, 0.05) is 42.8 Å². The van der Waals surface area contributed by atoms with Gasteiger partial charge in [-0.25, -0.2) is 9.37 Å². The number of rotatable bonds is 8. The maximum atomic E-state index is 15.0. The summed E-state index contributed by atoms with van der Waals surface area (Å²) in [6.45, 7) is 6.69. The number of aromatic nitrogens is 1. The van der Waals surface area contributed by atoms with Crippen molar-refractivity contribution >= 4 is 28.9 Å². The zero-order chi connectivity index (χ0) is 24.1. The van der Waals surface area contributed by atoms with Gasteiger partial charge in [-0.2, -0.15) is 0 Å². The Labute approximate surface area is 204 Å². The van der Waals surface area contributed by atoms with Gasteiger partial charge in [0.25, 0.3) is 0 Å². The highest BCUT2D eigenvalue weighted by molar-refractivity contribution is 6.30. The lowest BCUT2D eigenvalue weighted by Crippen LogP contribution is -2.48. The van der Waals surface area contributed by atoms with Crippen LogP contribution in [-0.4, -0.2) is 42.0 Å². The predicted molar refractivity (Wildman–Crippen MR) is 133 cm³/mol. The molecule has 1 unspecified atom stereocenters. The maximum absolute atomic E-state index is 15.0. The molecule has 8 heteroatoms. The van der Waals surface area contributed by atoms with E-state index in [2.05, 4.69) is 15.2 Å². The SMILES string of the molecule is CCC(CC)C(=O)Nc1ccc(N2CCN(C(c3ccc(Cl)cc3)c3ncco3)CC2)c(F)c1. The van der Waals surface area contributed by atoms with Crippen molar-refractivity contribution in [2.45, 2.75) is 32.7 Å². The second-order valence-corrected chi connectivity index (χ2v) is 8.95. The van der Waals surface area contributed by atoms with E-state index in [1.54, 1.807) is 24.6 Å². The zero-order valence-electron chi connectivity index (χ0n) is 19.5. The summed E-state index contributed by atoms with van der Waals surface area (Å²) in [6.07, 6.45) is 4.75. The van der Waals surface area contributed by atoms with E-state index < -0.39 is 0 Å². The molecule has 3 aromatic rings. The molecule has 2 heterocycles. The number of amides is 1. The first-order valence-corrected chi connectivity index (χ1v) is 12.1. The van der Waals surface area contributed by atoms with Crippen LogP contribution in [-0.2, 0) is 4.79 Å². The van der Waals surface area contributed by atoms with Crippen molar-refractivity contribution in [1.29, 1.82) is 0 Å². The average Bonchev–Trinajstić information content (AvgIpc) is 3.36. The third-order valence-electron chi connectivity index (χ3n) is 6.46. The van der Waals surface area contributed by atoms with Crippen LogP contribution < -0.4 is 10.2 Å². The Morgan fingerprint density at radius 2 is 1.82 bits per heavy atom. The van der Waals surface area contributed by atoms with Gasteiger partial charge in [-0.05, 0) is 48.7 Å². The second kappa shape index (κ2) is 11.0. The number of hydrogen-bond acceptors (Lipinski definition) is 5. The van der Waals surface area contributed by atoms with Crippen molar-refractivity contribution in [2.24, 2.45) is 5.92 Å². The van der Waals surface area contributed by atoms with Crippen LogP contribution in [0.1, 0.15) is 44.2 Å². The molecule has 1 aliphatic heterocycles. The molecule has 0 aliphatic carbocycles. The number of carbonyl (C=O) groups excluding carboxylic acids is 1. The van der Waals surface area contributed by atoms with Crippen LogP contribution in [0.15, 0.2) is 59.3 Å². The number of halogens is 2. The summed E-state index contributed by atoms with van der Waals surface area (Å²) in [7, 11) is 0. The monoisotopic (exact) mass is 484 g/mol. The Balaban J connectivity index is 1.44. The van der Waals surface area contributed by atoms with Crippen molar-refractivity contribution < 1.29 is 13.6 Å². The Kier molecular flexibility index (Phi) is 7.85. The molecule has 180 valence electrons. The van der Waals surface area contributed by atoms with E-state index in [4.69, 9.17) is 16.0 Å². The minimum absolute atomic E-state index is 0.0620. The minimum atomic E-state index is -0.335. The topological polar surface area (TPSA) is 61.6 Å². The van der Waals surface area contributed by atoms with Gasteiger partial charge < -0.3 is 14.6 Å². The highest BCUT2D eigenvalue weighted by atomic mass is 35.5. The van der Waals surface area contributed by atoms with Crippen molar-refractivity contribution in [3.05, 3.63) is 77.2 Å². The van der Waals surface area contributed by atoms with E-state index in [0.29, 0.717) is 48.5 Å². The Hall–Kier alpha value is -2.90. The van der Waals surface area contributed by atoms with Crippen molar-refractivity contribution in [3.8, 4) is 0 Å². The molecule has 1 N–H and O–H groups in total. The summed E-state index contributed by atoms with van der Waals surface area (Å²) < 4.78 is 20.6. The van der Waals surface area contributed by atoms with Crippen molar-refractivity contribution in [2.75, 3.05) is 36.4 Å². The molecule has 0 radical (unpaired) electrons. The Morgan fingerprint density at radius 1 is 1.12 bits per heavy atom. The van der Waals surface area contributed by atoms with Crippen LogP contribution in [0.4, 0.5) is 15.8 Å². The van der Waals surface area contributed by atoms with E-state index in [-0.39, 0.29) is 23.7 Å². The Bertz CT molecular complexity index is 1080. The van der Waals surface area contributed by atoms with Crippen molar-refractivity contribution in [3.63, 3.8) is 0 Å². The summed E-state index contributed by atoms with van der Waals surface area (Å²) in [5.74, 6) is 0.163. The van der Waals surface area contributed by atoms with Gasteiger partial charge in [0.1, 0.15) is 18.1 Å². The number of carbonyl (C=O) groups is 1. The number of nitrogens with one attached hydrogen (secondary N) is 1. The fourth-order valence-corrected chi connectivity index (χ4v) is 4.62. The van der Waals surface area contributed by atoms with Gasteiger partial charge in [-0.15, -0.1) is 0 Å². The number of piperazine rings is 1. The quantitative estimate of drug-likeness (QED) is 0.441. The average molecular weight is 485 g/mol. The van der Waals surface area contributed by atoms with Crippen LogP contribution in [0, 0.1) is 11.7 Å². The van der Waals surface area contributed by atoms with Gasteiger partial charge >= 0.3 is 0 Å². The first kappa shape index (κ1) is 24.2. The number of oxazole rings is 1. The second-order valence-electron chi connectivity index (χ2n) is 8.52. The lowest BCUT2D eigenvalue weighted by molar-refractivity contribution is -0.120. The minimum Gasteiger partial charge on any atom is -0.447 e. The van der Waals surface area contributed by atoms with Gasteiger partial charge in [-0.3, -0.25) is 9.69 Å². The summed E-state index contributed by atoms with van der Waals surface area (Å²) in [5.41, 5.74) is 2.08. The fourth-order valence-electron chi connectivity index (χ4n) is 4.49. The van der Waals surface area contributed by atoms with Crippen molar-refractivity contribution in [1.82, 2.24) is 9.88 Å². The van der Waals surface area contributed by atoms with E-state index in [0.717, 1.165) is 18.4 Å². The summed E-state index contributed by atoms with van der Waals surface area (Å²) >= 11 is 6.08. The molecule has 1 amide bonds. The largest absolute Gasteiger partial charge is 0.447 e. The molecule has 4 rings (SSSR count). The standard InChI is InChI=1S/C26H30ClFN4O2/c1-3-18(4-2)25(33)30-21-9-10-23(22(28)17-21)31-12-14-32(15-13-31)24(26-29-11-16-34-26)19-5-7-20(27)8-6-19/h5-11,16-18,24H,3-4,12-15H2,1-2H3,(H,30,33). The van der Waals surface area contributed by atoms with Gasteiger partial charge in [0.05, 0.1) is 11.9 Å². The molecule has 1 aromatic heterocycles. The highest BCUT2D eigenvalue weighted by Crippen LogP contribution is 2.31. The predicted octanol–water partition coefficient (Wildman–Crippen LogP) is 5.75. The van der Waals surface area contributed by atoms with Gasteiger partial charge in [0.2, 0.25) is 11.8 Å². The van der Waals surface area contributed by atoms with E-state index >= 15 is 0 Å². The highest BCUT2D eigenvalue weighted by Gasteiger charge is 2.30. The van der Waals surface area contributed by atoms with E-state index in [1.165, 1.54) is 6.07 Å². The summed E-state index contributed by atoms with van der Waals surface area (Å²) in [4.78, 5) is 21.0. The van der Waals surface area contributed by atoms with Gasteiger partial charge in [-0.1, -0.05) is 37.6 Å². The zero-order valence-corrected chi connectivity index (χ0v) is 20.3. The van der Waals surface area contributed by atoms with E-state index in [9.17, 15) is 9.18 Å². The number of benzene rings is 2. The lowest BCUT2D eigenvalue weighted by atomic mass is 10.0. The molecule has 6 nitrogen and oxygen atoms in total. The molecular weight excluding hydrogens is 455 g/mol. The first-order valence-electron chi connectivity index (χ1n) is 11.7. The van der Waals surface area contributed by atoms with Gasteiger partial charge in [0.15, 0.2) is 0 Å². The van der Waals surface area contributed by atoms with Crippen LogP contribution in [0.25, 0.3) is 0 Å². The molecule has 0 saturated carbocycles. The number of hydrogen-bond donors (Lipinski definition) is 1. The number of anilines is 2. The molecule has 1 saturated heterocycles. The normalized spacial score (nSPS) is 15.5. The first-order chi connectivity index (χ1) is 16.5. The number of nitrogens with zero attached hydrogens (tertiary/aromatic N) is 3. The third-order valence-corrected chi connectivity index (χ3v) is 6.71. The molecular formula is C26H30ClFN4O2. The van der Waals surface area contributed by atoms with Crippen LogP contribution in [0.2, 0.25) is 5.02 Å². The molecule has 1 atom stereocenters. The molecule has 1 fully saturated rings.